The lowest BCUT2D eigenvalue weighted by atomic mass is 9.72. The minimum atomic E-state index is -4.46. The van der Waals surface area contributed by atoms with Gasteiger partial charge in [-0.1, -0.05) is 25.5 Å². The fourth-order valence-electron chi connectivity index (χ4n) is 3.52. The standard InChI is InChI=1S/C19H20F4N2O/c1-2-4-14-6-5-13(9-16(14)19(21,22)23)10-17(26)18(7-3-8-18)25-12-15(20)11-24-25/h5-6,9,11-12H,2-4,7-8,10H2,1H3. The van der Waals surface area contributed by atoms with Gasteiger partial charge in [-0.25, -0.2) is 4.39 Å². The molecule has 0 amide bonds. The Morgan fingerprint density at radius 2 is 2.04 bits per heavy atom. The molecule has 140 valence electrons. The van der Waals surface area contributed by atoms with Crippen LogP contribution in [-0.4, -0.2) is 15.6 Å². The predicted molar refractivity (Wildman–Crippen MR) is 88.2 cm³/mol. The third-order valence-corrected chi connectivity index (χ3v) is 5.05. The number of rotatable bonds is 6. The lowest BCUT2D eigenvalue weighted by Gasteiger charge is -2.40. The molecule has 7 heteroatoms. The zero-order valence-electron chi connectivity index (χ0n) is 14.4. The van der Waals surface area contributed by atoms with Crippen LogP contribution in [0.5, 0.6) is 0 Å². The Bertz CT molecular complexity index is 806. The second kappa shape index (κ2) is 6.85. The highest BCUT2D eigenvalue weighted by Crippen LogP contribution is 2.41. The van der Waals surface area contributed by atoms with E-state index >= 15 is 0 Å². The number of aryl methyl sites for hydroxylation is 1. The van der Waals surface area contributed by atoms with Gasteiger partial charge in [-0.05, 0) is 42.9 Å². The SMILES string of the molecule is CCCc1ccc(CC(=O)C2(n3cc(F)cn3)CCC2)cc1C(F)(F)F. The summed E-state index contributed by atoms with van der Waals surface area (Å²) in [5, 5.41) is 3.91. The maximum Gasteiger partial charge on any atom is 0.416 e. The van der Waals surface area contributed by atoms with E-state index in [1.54, 1.807) is 6.07 Å². The average molecular weight is 368 g/mol. The first-order valence-electron chi connectivity index (χ1n) is 8.69. The van der Waals surface area contributed by atoms with Crippen molar-refractivity contribution in [1.29, 1.82) is 0 Å². The van der Waals surface area contributed by atoms with Gasteiger partial charge in [0.15, 0.2) is 11.6 Å². The number of hydrogen-bond donors (Lipinski definition) is 0. The monoisotopic (exact) mass is 368 g/mol. The molecule has 0 spiro atoms. The molecule has 0 N–H and O–H groups in total. The highest BCUT2D eigenvalue weighted by Gasteiger charge is 2.46. The number of alkyl halides is 3. The highest BCUT2D eigenvalue weighted by atomic mass is 19.4. The third kappa shape index (κ3) is 3.39. The summed E-state index contributed by atoms with van der Waals surface area (Å²) < 4.78 is 54.6. The van der Waals surface area contributed by atoms with Crippen molar-refractivity contribution in [2.24, 2.45) is 0 Å². The van der Waals surface area contributed by atoms with E-state index in [0.29, 0.717) is 31.2 Å². The highest BCUT2D eigenvalue weighted by molar-refractivity contribution is 5.89. The molecule has 2 aromatic rings. The second-order valence-electron chi connectivity index (χ2n) is 6.83. The predicted octanol–water partition coefficient (Wildman–Crippen LogP) is 4.68. The van der Waals surface area contributed by atoms with Gasteiger partial charge in [0.1, 0.15) is 5.54 Å². The zero-order valence-corrected chi connectivity index (χ0v) is 14.4. The molecular formula is C19H20F4N2O. The number of halogens is 4. The van der Waals surface area contributed by atoms with E-state index in [2.05, 4.69) is 5.10 Å². The van der Waals surface area contributed by atoms with Gasteiger partial charge >= 0.3 is 6.18 Å². The maximum absolute atomic E-state index is 13.3. The molecule has 0 radical (unpaired) electrons. The zero-order chi connectivity index (χ0) is 18.9. The van der Waals surface area contributed by atoms with Crippen molar-refractivity contribution < 1.29 is 22.4 Å². The molecule has 0 atom stereocenters. The van der Waals surface area contributed by atoms with Crippen LogP contribution in [0.25, 0.3) is 0 Å². The summed E-state index contributed by atoms with van der Waals surface area (Å²) in [7, 11) is 0. The van der Waals surface area contributed by atoms with Crippen LogP contribution in [0, 0.1) is 5.82 Å². The molecular weight excluding hydrogens is 348 g/mol. The topological polar surface area (TPSA) is 34.9 Å². The molecule has 26 heavy (non-hydrogen) atoms. The van der Waals surface area contributed by atoms with Gasteiger partial charge in [-0.2, -0.15) is 18.3 Å². The van der Waals surface area contributed by atoms with Crippen molar-refractivity contribution in [2.75, 3.05) is 0 Å². The summed E-state index contributed by atoms with van der Waals surface area (Å²) in [5.74, 6) is -0.768. The molecule has 0 saturated heterocycles. The van der Waals surface area contributed by atoms with E-state index < -0.39 is 23.1 Å². The number of aromatic nitrogens is 2. The first-order valence-corrected chi connectivity index (χ1v) is 8.69. The minimum Gasteiger partial charge on any atom is -0.297 e. The van der Waals surface area contributed by atoms with E-state index in [-0.39, 0.29) is 17.8 Å². The number of carbonyl (C=O) groups excluding carboxylic acids is 1. The second-order valence-corrected chi connectivity index (χ2v) is 6.83. The van der Waals surface area contributed by atoms with Crippen LogP contribution >= 0.6 is 0 Å². The molecule has 0 aliphatic heterocycles. The van der Waals surface area contributed by atoms with Crippen LogP contribution in [0.4, 0.5) is 17.6 Å². The molecule has 1 aromatic heterocycles. The molecule has 3 rings (SSSR count). The van der Waals surface area contributed by atoms with Crippen molar-refractivity contribution in [2.45, 2.75) is 57.2 Å². The largest absolute Gasteiger partial charge is 0.416 e. The Hall–Kier alpha value is -2.18. The molecule has 1 aliphatic rings. The number of benzene rings is 1. The summed E-state index contributed by atoms with van der Waals surface area (Å²) in [6.45, 7) is 1.82. The first kappa shape index (κ1) is 18.6. The molecule has 3 nitrogen and oxygen atoms in total. The van der Waals surface area contributed by atoms with Crippen molar-refractivity contribution in [3.05, 3.63) is 53.1 Å². The summed E-state index contributed by atoms with van der Waals surface area (Å²) >= 11 is 0. The summed E-state index contributed by atoms with van der Waals surface area (Å²) in [5.41, 5.74) is -1.06. The molecule has 0 bridgehead atoms. The van der Waals surface area contributed by atoms with Crippen molar-refractivity contribution in [1.82, 2.24) is 9.78 Å². The average Bonchev–Trinajstić information content (AvgIpc) is 2.93. The van der Waals surface area contributed by atoms with Crippen LogP contribution in [-0.2, 0) is 29.4 Å². The molecule has 1 aromatic carbocycles. The van der Waals surface area contributed by atoms with Crippen molar-refractivity contribution >= 4 is 5.78 Å². The van der Waals surface area contributed by atoms with Gasteiger partial charge in [-0.3, -0.25) is 9.48 Å². The molecule has 1 heterocycles. The molecule has 1 saturated carbocycles. The van der Waals surface area contributed by atoms with E-state index in [1.807, 2.05) is 6.92 Å². The van der Waals surface area contributed by atoms with Crippen LogP contribution < -0.4 is 0 Å². The van der Waals surface area contributed by atoms with E-state index in [9.17, 15) is 22.4 Å². The number of hydrogen-bond acceptors (Lipinski definition) is 2. The smallest absolute Gasteiger partial charge is 0.297 e. The normalized spacial score (nSPS) is 16.3. The van der Waals surface area contributed by atoms with Crippen LogP contribution in [0.2, 0.25) is 0 Å². The summed E-state index contributed by atoms with van der Waals surface area (Å²) in [6, 6.07) is 4.10. The Kier molecular flexibility index (Phi) is 4.90. The van der Waals surface area contributed by atoms with E-state index in [4.69, 9.17) is 0 Å². The van der Waals surface area contributed by atoms with Gasteiger partial charge in [0.05, 0.1) is 18.0 Å². The Labute approximate surface area is 149 Å². The fraction of sp³-hybridized carbons (Fsp3) is 0.474. The minimum absolute atomic E-state index is 0.128. The van der Waals surface area contributed by atoms with Gasteiger partial charge < -0.3 is 0 Å². The van der Waals surface area contributed by atoms with Crippen LogP contribution in [0.3, 0.4) is 0 Å². The van der Waals surface area contributed by atoms with Gasteiger partial charge in [-0.15, -0.1) is 0 Å². The van der Waals surface area contributed by atoms with Gasteiger partial charge in [0.2, 0.25) is 0 Å². The number of nitrogens with zero attached hydrogens (tertiary/aromatic N) is 2. The maximum atomic E-state index is 13.3. The number of Topliss-reactive ketones (excluding diaryl/α,β-unsaturated/α-hetero) is 1. The lowest BCUT2D eigenvalue weighted by molar-refractivity contribution is -0.138. The Morgan fingerprint density at radius 1 is 1.31 bits per heavy atom. The number of carbonyl (C=O) groups is 1. The van der Waals surface area contributed by atoms with Crippen molar-refractivity contribution in [3.63, 3.8) is 0 Å². The summed E-state index contributed by atoms with van der Waals surface area (Å²) in [6.07, 6.45) is 0.405. The van der Waals surface area contributed by atoms with Crippen LogP contribution in [0.15, 0.2) is 30.6 Å². The third-order valence-electron chi connectivity index (χ3n) is 5.05. The quantitative estimate of drug-likeness (QED) is 0.694. The molecule has 0 unspecified atom stereocenters. The Balaban J connectivity index is 1.87. The lowest BCUT2D eigenvalue weighted by Crippen LogP contribution is -2.49. The van der Waals surface area contributed by atoms with Crippen LogP contribution in [0.1, 0.15) is 49.3 Å². The van der Waals surface area contributed by atoms with Crippen molar-refractivity contribution in [3.8, 4) is 0 Å². The van der Waals surface area contributed by atoms with Gasteiger partial charge in [0.25, 0.3) is 0 Å². The summed E-state index contributed by atoms with van der Waals surface area (Å²) in [4.78, 5) is 12.8. The molecule has 1 aliphatic carbocycles. The molecule has 1 fully saturated rings. The van der Waals surface area contributed by atoms with E-state index in [1.165, 1.54) is 16.9 Å². The van der Waals surface area contributed by atoms with Gasteiger partial charge in [0, 0.05) is 6.42 Å². The number of ketones is 1. The first-order chi connectivity index (χ1) is 12.3. The Morgan fingerprint density at radius 3 is 2.54 bits per heavy atom. The fourth-order valence-corrected chi connectivity index (χ4v) is 3.52. The van der Waals surface area contributed by atoms with E-state index in [0.717, 1.165) is 18.7 Å².